The molecule has 0 aliphatic rings. The predicted molar refractivity (Wildman–Crippen MR) is 89.7 cm³/mol. The molecular weight excluding hydrogens is 348 g/mol. The normalized spacial score (nSPS) is 12.7. The second-order valence-electron chi connectivity index (χ2n) is 5.30. The van der Waals surface area contributed by atoms with Gasteiger partial charge in [0.1, 0.15) is 6.04 Å². The van der Waals surface area contributed by atoms with E-state index in [1.165, 1.54) is 31.5 Å². The lowest BCUT2D eigenvalue weighted by atomic mass is 10.1. The number of carbonyl (C=O) groups excluding carboxylic acids is 1. The van der Waals surface area contributed by atoms with Gasteiger partial charge < -0.3 is 9.84 Å². The van der Waals surface area contributed by atoms with Crippen molar-refractivity contribution < 1.29 is 27.9 Å². The van der Waals surface area contributed by atoms with Gasteiger partial charge in [-0.2, -0.15) is 4.72 Å². The van der Waals surface area contributed by atoms with Crippen molar-refractivity contribution >= 4 is 32.7 Å². The van der Waals surface area contributed by atoms with Gasteiger partial charge in [-0.25, -0.2) is 18.2 Å². The van der Waals surface area contributed by atoms with Crippen LogP contribution >= 0.6 is 0 Å². The fourth-order valence-corrected chi connectivity index (χ4v) is 3.89. The van der Waals surface area contributed by atoms with Gasteiger partial charge in [-0.15, -0.1) is 0 Å². The fourth-order valence-electron chi connectivity index (χ4n) is 2.44. The number of rotatable bonds is 7. The van der Waals surface area contributed by atoms with E-state index < -0.39 is 28.0 Å². The molecule has 0 saturated carbocycles. The number of fused-ring (bicyclic) bond motifs is 1. The molecule has 0 saturated heterocycles. The van der Waals surface area contributed by atoms with Gasteiger partial charge in [-0.05, 0) is 18.6 Å². The first-order chi connectivity index (χ1) is 11.8. The number of aliphatic carboxylic acids is 1. The Morgan fingerprint density at radius 3 is 2.60 bits per heavy atom. The third kappa shape index (κ3) is 3.94. The minimum Gasteiger partial charge on any atom is -0.480 e. The number of pyridine rings is 1. The van der Waals surface area contributed by atoms with Crippen molar-refractivity contribution in [1.82, 2.24) is 9.71 Å². The van der Waals surface area contributed by atoms with Gasteiger partial charge >= 0.3 is 11.9 Å². The maximum absolute atomic E-state index is 12.7. The van der Waals surface area contributed by atoms with Crippen LogP contribution in [0, 0.1) is 0 Å². The summed E-state index contributed by atoms with van der Waals surface area (Å²) in [6.07, 6.45) is 1.97. The molecule has 0 aliphatic carbocycles. The van der Waals surface area contributed by atoms with Gasteiger partial charge in [0.15, 0.2) is 5.69 Å². The van der Waals surface area contributed by atoms with E-state index in [4.69, 9.17) is 0 Å². The summed E-state index contributed by atoms with van der Waals surface area (Å²) in [6.45, 7) is 1.76. The average Bonchev–Trinajstić information content (AvgIpc) is 2.59. The number of benzene rings is 1. The molecule has 0 fully saturated rings. The van der Waals surface area contributed by atoms with E-state index in [2.05, 4.69) is 14.4 Å². The minimum atomic E-state index is -4.11. The lowest BCUT2D eigenvalue weighted by Crippen LogP contribution is -2.40. The van der Waals surface area contributed by atoms with Crippen molar-refractivity contribution in [2.45, 2.75) is 30.7 Å². The molecular formula is C16H18N2O6S. The lowest BCUT2D eigenvalue weighted by molar-refractivity contribution is -0.139. The van der Waals surface area contributed by atoms with E-state index in [-0.39, 0.29) is 22.4 Å². The SMILES string of the molecule is CCCC(NS(=O)(=O)c1cccc2c(C(=O)OC)nccc12)C(=O)O. The summed E-state index contributed by atoms with van der Waals surface area (Å²) < 4.78 is 32.2. The molecule has 0 amide bonds. The van der Waals surface area contributed by atoms with Crippen LogP contribution in [0.15, 0.2) is 35.4 Å². The zero-order chi connectivity index (χ0) is 18.6. The molecule has 0 aliphatic heterocycles. The van der Waals surface area contributed by atoms with E-state index in [0.29, 0.717) is 11.8 Å². The number of carboxylic acid groups (broad SMARTS) is 1. The zero-order valence-electron chi connectivity index (χ0n) is 13.7. The van der Waals surface area contributed by atoms with Crippen molar-refractivity contribution in [3.8, 4) is 0 Å². The van der Waals surface area contributed by atoms with Crippen LogP contribution in [0.4, 0.5) is 0 Å². The zero-order valence-corrected chi connectivity index (χ0v) is 14.5. The number of sulfonamides is 1. The minimum absolute atomic E-state index is 0.0135. The van der Waals surface area contributed by atoms with E-state index in [0.717, 1.165) is 0 Å². The van der Waals surface area contributed by atoms with E-state index in [1.54, 1.807) is 13.0 Å². The first kappa shape index (κ1) is 18.8. The van der Waals surface area contributed by atoms with Gasteiger partial charge in [0.05, 0.1) is 12.0 Å². The van der Waals surface area contributed by atoms with Crippen molar-refractivity contribution in [2.75, 3.05) is 7.11 Å². The van der Waals surface area contributed by atoms with Crippen molar-refractivity contribution in [2.24, 2.45) is 0 Å². The van der Waals surface area contributed by atoms with Gasteiger partial charge in [0.25, 0.3) is 0 Å². The highest BCUT2D eigenvalue weighted by molar-refractivity contribution is 7.89. The van der Waals surface area contributed by atoms with Crippen LogP contribution < -0.4 is 4.72 Å². The highest BCUT2D eigenvalue weighted by atomic mass is 32.2. The summed E-state index contributed by atoms with van der Waals surface area (Å²) in [6, 6.07) is 4.57. The molecule has 0 bridgehead atoms. The Morgan fingerprint density at radius 1 is 1.28 bits per heavy atom. The lowest BCUT2D eigenvalue weighted by Gasteiger charge is -2.15. The average molecular weight is 366 g/mol. The second-order valence-corrected chi connectivity index (χ2v) is 6.99. The summed E-state index contributed by atoms with van der Waals surface area (Å²) in [4.78, 5) is 26.9. The van der Waals surface area contributed by atoms with Crippen LogP contribution in [0.2, 0.25) is 0 Å². The molecule has 8 nitrogen and oxygen atoms in total. The van der Waals surface area contributed by atoms with Crippen LogP contribution in [-0.4, -0.2) is 43.6 Å². The molecule has 0 radical (unpaired) electrons. The van der Waals surface area contributed by atoms with Gasteiger partial charge in [0, 0.05) is 17.0 Å². The number of hydrogen-bond donors (Lipinski definition) is 2. The van der Waals surface area contributed by atoms with Crippen molar-refractivity contribution in [3.63, 3.8) is 0 Å². The number of carbonyl (C=O) groups is 2. The maximum atomic E-state index is 12.7. The molecule has 1 aromatic heterocycles. The largest absolute Gasteiger partial charge is 0.480 e. The number of methoxy groups -OCH3 is 1. The maximum Gasteiger partial charge on any atom is 0.357 e. The van der Waals surface area contributed by atoms with E-state index in [1.807, 2.05) is 0 Å². The summed E-state index contributed by atoms with van der Waals surface area (Å²) in [5, 5.41) is 9.74. The third-order valence-electron chi connectivity index (χ3n) is 3.61. The quantitative estimate of drug-likeness (QED) is 0.713. The second kappa shape index (κ2) is 7.58. The molecule has 1 unspecified atom stereocenters. The Labute approximate surface area is 144 Å². The van der Waals surface area contributed by atoms with Crippen LogP contribution in [-0.2, 0) is 19.6 Å². The number of ether oxygens (including phenoxy) is 1. The molecule has 134 valence electrons. The van der Waals surface area contributed by atoms with Crippen LogP contribution in [0.5, 0.6) is 0 Å². The smallest absolute Gasteiger partial charge is 0.357 e. The van der Waals surface area contributed by atoms with E-state index >= 15 is 0 Å². The Hall–Kier alpha value is -2.52. The van der Waals surface area contributed by atoms with Crippen LogP contribution in [0.3, 0.4) is 0 Å². The monoisotopic (exact) mass is 366 g/mol. The fraction of sp³-hybridized carbons (Fsp3) is 0.312. The van der Waals surface area contributed by atoms with Crippen molar-refractivity contribution in [3.05, 3.63) is 36.2 Å². The molecule has 1 aromatic carbocycles. The number of hydrogen-bond acceptors (Lipinski definition) is 6. The summed E-state index contributed by atoms with van der Waals surface area (Å²) in [5.41, 5.74) is -0.0135. The Balaban J connectivity index is 2.57. The standard InChI is InChI=1S/C16H18N2O6S/c1-3-5-12(15(19)20)18-25(22,23)13-7-4-6-11-10(13)8-9-17-14(11)16(21)24-2/h4,6-9,12,18H,3,5H2,1-2H3,(H,19,20). The first-order valence-corrected chi connectivity index (χ1v) is 9.01. The molecule has 2 N–H and O–H groups in total. The van der Waals surface area contributed by atoms with Gasteiger partial charge in [0.2, 0.25) is 10.0 Å². The Kier molecular flexibility index (Phi) is 5.70. The van der Waals surface area contributed by atoms with Gasteiger partial charge in [-0.1, -0.05) is 25.5 Å². The molecule has 2 rings (SSSR count). The number of nitrogens with zero attached hydrogens (tertiary/aromatic N) is 1. The summed E-state index contributed by atoms with van der Waals surface area (Å²) in [7, 11) is -2.91. The molecule has 25 heavy (non-hydrogen) atoms. The highest BCUT2D eigenvalue weighted by Crippen LogP contribution is 2.25. The Bertz CT molecular complexity index is 910. The highest BCUT2D eigenvalue weighted by Gasteiger charge is 2.26. The molecule has 1 atom stereocenters. The number of carboxylic acids is 1. The number of esters is 1. The molecule has 1 heterocycles. The molecule has 0 spiro atoms. The van der Waals surface area contributed by atoms with Crippen molar-refractivity contribution in [1.29, 1.82) is 0 Å². The summed E-state index contributed by atoms with van der Waals surface area (Å²) >= 11 is 0. The number of aromatic nitrogens is 1. The third-order valence-corrected chi connectivity index (χ3v) is 5.14. The number of nitrogens with one attached hydrogen (secondary N) is 1. The van der Waals surface area contributed by atoms with Crippen LogP contribution in [0.1, 0.15) is 30.3 Å². The predicted octanol–water partition coefficient (Wildman–Crippen LogP) is 1.55. The first-order valence-electron chi connectivity index (χ1n) is 7.53. The van der Waals surface area contributed by atoms with Gasteiger partial charge in [-0.3, -0.25) is 4.79 Å². The topological polar surface area (TPSA) is 123 Å². The van der Waals surface area contributed by atoms with Crippen LogP contribution in [0.25, 0.3) is 10.8 Å². The Morgan fingerprint density at radius 2 is 2.00 bits per heavy atom. The van der Waals surface area contributed by atoms with E-state index in [9.17, 15) is 23.1 Å². The molecule has 2 aromatic rings. The summed E-state index contributed by atoms with van der Waals surface area (Å²) in [5.74, 6) is -1.94. The molecule has 9 heteroatoms.